The first kappa shape index (κ1) is 20.9. The molecule has 1 saturated heterocycles. The van der Waals surface area contributed by atoms with Crippen LogP contribution in [-0.2, 0) is 17.8 Å². The van der Waals surface area contributed by atoms with E-state index >= 15 is 0 Å². The molecular formula is C23H30FN5O. The molecule has 0 bridgehead atoms. The van der Waals surface area contributed by atoms with Crippen molar-refractivity contribution in [2.75, 3.05) is 39.4 Å². The van der Waals surface area contributed by atoms with Crippen molar-refractivity contribution in [3.05, 3.63) is 65.9 Å². The van der Waals surface area contributed by atoms with E-state index in [9.17, 15) is 4.39 Å². The van der Waals surface area contributed by atoms with Crippen LogP contribution in [-0.4, -0.2) is 59.3 Å². The van der Waals surface area contributed by atoms with Crippen LogP contribution in [0.25, 0.3) is 10.9 Å². The SMILES string of the molecule is Fc1ncccc1CN(CCCCNN1CCOCC1)Cc1c[nH]c2ccccc12. The minimum Gasteiger partial charge on any atom is -0.379 e. The predicted octanol–water partition coefficient (Wildman–Crippen LogP) is 3.32. The van der Waals surface area contributed by atoms with Gasteiger partial charge in [0.25, 0.3) is 0 Å². The molecule has 2 N–H and O–H groups in total. The van der Waals surface area contributed by atoms with E-state index in [0.29, 0.717) is 12.1 Å². The number of nitrogens with zero attached hydrogens (tertiary/aromatic N) is 3. The lowest BCUT2D eigenvalue weighted by molar-refractivity contribution is 0.0117. The van der Waals surface area contributed by atoms with Gasteiger partial charge in [-0.2, -0.15) is 4.39 Å². The van der Waals surface area contributed by atoms with Gasteiger partial charge in [-0.15, -0.1) is 0 Å². The quantitative estimate of drug-likeness (QED) is 0.396. The minimum absolute atomic E-state index is 0.379. The number of para-hydroxylation sites is 1. The largest absolute Gasteiger partial charge is 0.379 e. The number of rotatable bonds is 10. The Morgan fingerprint density at radius 2 is 1.90 bits per heavy atom. The van der Waals surface area contributed by atoms with E-state index in [-0.39, 0.29) is 5.95 Å². The lowest BCUT2D eigenvalue weighted by Gasteiger charge is -2.27. The summed E-state index contributed by atoms with van der Waals surface area (Å²) in [6, 6.07) is 11.9. The van der Waals surface area contributed by atoms with Gasteiger partial charge in [-0.3, -0.25) is 10.3 Å². The van der Waals surface area contributed by atoms with Crippen molar-refractivity contribution >= 4 is 10.9 Å². The molecule has 0 spiro atoms. The van der Waals surface area contributed by atoms with Crippen LogP contribution in [0.4, 0.5) is 4.39 Å². The topological polar surface area (TPSA) is 56.4 Å². The highest BCUT2D eigenvalue weighted by Crippen LogP contribution is 2.21. The Bertz CT molecular complexity index is 925. The Kier molecular flexibility index (Phi) is 7.42. The van der Waals surface area contributed by atoms with Crippen molar-refractivity contribution in [3.63, 3.8) is 0 Å². The summed E-state index contributed by atoms with van der Waals surface area (Å²) in [6.07, 6.45) is 5.68. The highest BCUT2D eigenvalue weighted by atomic mass is 19.1. The summed E-state index contributed by atoms with van der Waals surface area (Å²) in [5.41, 5.74) is 6.50. The van der Waals surface area contributed by atoms with E-state index < -0.39 is 0 Å². The van der Waals surface area contributed by atoms with Crippen LogP contribution < -0.4 is 5.43 Å². The maximum absolute atomic E-state index is 14.2. The molecule has 4 rings (SSSR count). The van der Waals surface area contributed by atoms with Crippen molar-refractivity contribution in [1.29, 1.82) is 0 Å². The van der Waals surface area contributed by atoms with Crippen LogP contribution in [0, 0.1) is 5.95 Å². The first-order valence-electron chi connectivity index (χ1n) is 10.7. The van der Waals surface area contributed by atoms with Gasteiger partial charge in [0.15, 0.2) is 0 Å². The first-order valence-corrected chi connectivity index (χ1v) is 10.7. The number of nitrogens with one attached hydrogen (secondary N) is 2. The molecule has 3 heterocycles. The molecule has 1 aliphatic rings. The van der Waals surface area contributed by atoms with Crippen molar-refractivity contribution in [2.24, 2.45) is 0 Å². The third kappa shape index (κ3) is 5.64. The van der Waals surface area contributed by atoms with E-state index in [4.69, 9.17) is 4.74 Å². The molecule has 160 valence electrons. The second-order valence-corrected chi connectivity index (χ2v) is 7.74. The summed E-state index contributed by atoms with van der Waals surface area (Å²) in [7, 11) is 0. The standard InChI is InChI=1S/C23H30FN5O/c24-23-19(6-5-9-25-23)17-28(11-4-3-10-27-29-12-14-30-15-13-29)18-20-16-26-22-8-2-1-7-21(20)22/h1-2,5-9,16,26-27H,3-4,10-15,17-18H2. The fourth-order valence-electron chi connectivity index (χ4n) is 3.91. The van der Waals surface area contributed by atoms with Crippen LogP contribution in [0.2, 0.25) is 0 Å². The molecule has 1 aromatic carbocycles. The van der Waals surface area contributed by atoms with Gasteiger partial charge in [0.05, 0.1) is 13.2 Å². The van der Waals surface area contributed by atoms with Gasteiger partial charge in [-0.05, 0) is 37.1 Å². The molecule has 0 aliphatic carbocycles. The fraction of sp³-hybridized carbons (Fsp3) is 0.435. The van der Waals surface area contributed by atoms with E-state index in [1.807, 2.05) is 12.1 Å². The molecule has 1 aliphatic heterocycles. The maximum atomic E-state index is 14.2. The Morgan fingerprint density at radius 1 is 1.07 bits per heavy atom. The number of fused-ring (bicyclic) bond motifs is 1. The zero-order chi connectivity index (χ0) is 20.6. The number of pyridine rings is 1. The van der Waals surface area contributed by atoms with Crippen molar-refractivity contribution < 1.29 is 9.13 Å². The average Bonchev–Trinajstić information content (AvgIpc) is 3.18. The molecule has 0 saturated carbocycles. The second-order valence-electron chi connectivity index (χ2n) is 7.74. The van der Waals surface area contributed by atoms with Crippen LogP contribution in [0.5, 0.6) is 0 Å². The van der Waals surface area contributed by atoms with E-state index in [1.54, 1.807) is 6.07 Å². The van der Waals surface area contributed by atoms with E-state index in [1.165, 1.54) is 17.1 Å². The molecule has 3 aromatic rings. The zero-order valence-electron chi connectivity index (χ0n) is 17.3. The minimum atomic E-state index is -0.379. The third-order valence-electron chi connectivity index (χ3n) is 5.55. The Hall–Kier alpha value is -2.32. The molecular weight excluding hydrogens is 381 g/mol. The van der Waals surface area contributed by atoms with Crippen LogP contribution >= 0.6 is 0 Å². The van der Waals surface area contributed by atoms with Gasteiger partial charge < -0.3 is 9.72 Å². The van der Waals surface area contributed by atoms with E-state index in [2.05, 4.69) is 49.7 Å². The first-order chi connectivity index (χ1) is 14.8. The molecule has 0 atom stereocenters. The predicted molar refractivity (Wildman–Crippen MR) is 116 cm³/mol. The summed E-state index contributed by atoms with van der Waals surface area (Å²) in [5.74, 6) is -0.379. The Balaban J connectivity index is 1.35. The molecule has 7 heteroatoms. The van der Waals surface area contributed by atoms with Crippen molar-refractivity contribution in [1.82, 2.24) is 25.3 Å². The number of halogens is 1. The highest BCUT2D eigenvalue weighted by Gasteiger charge is 2.14. The lowest BCUT2D eigenvalue weighted by Crippen LogP contribution is -2.46. The molecule has 0 radical (unpaired) electrons. The number of hydrogen-bond donors (Lipinski definition) is 2. The van der Waals surface area contributed by atoms with Crippen LogP contribution in [0.1, 0.15) is 24.0 Å². The normalized spacial score (nSPS) is 15.3. The number of aromatic amines is 1. The maximum Gasteiger partial charge on any atom is 0.217 e. The Morgan fingerprint density at radius 3 is 2.77 bits per heavy atom. The second kappa shape index (κ2) is 10.6. The molecule has 1 fully saturated rings. The van der Waals surface area contributed by atoms with Gasteiger partial charge in [-0.25, -0.2) is 9.99 Å². The molecule has 0 amide bonds. The van der Waals surface area contributed by atoms with Crippen LogP contribution in [0.3, 0.4) is 0 Å². The van der Waals surface area contributed by atoms with Gasteiger partial charge >= 0.3 is 0 Å². The summed E-state index contributed by atoms with van der Waals surface area (Å²) in [5, 5.41) is 3.46. The number of aromatic nitrogens is 2. The highest BCUT2D eigenvalue weighted by molar-refractivity contribution is 5.82. The number of hydrogen-bond acceptors (Lipinski definition) is 5. The average molecular weight is 412 g/mol. The van der Waals surface area contributed by atoms with Gasteiger partial charge in [0.2, 0.25) is 5.95 Å². The van der Waals surface area contributed by atoms with Gasteiger partial charge in [0, 0.05) is 61.6 Å². The fourth-order valence-corrected chi connectivity index (χ4v) is 3.91. The van der Waals surface area contributed by atoms with E-state index in [0.717, 1.165) is 64.3 Å². The number of hydrazine groups is 1. The molecule has 2 aromatic heterocycles. The van der Waals surface area contributed by atoms with Crippen molar-refractivity contribution in [2.45, 2.75) is 25.9 Å². The molecule has 30 heavy (non-hydrogen) atoms. The third-order valence-corrected chi connectivity index (χ3v) is 5.55. The molecule has 6 nitrogen and oxygen atoms in total. The number of benzene rings is 1. The molecule has 0 unspecified atom stereocenters. The summed E-state index contributed by atoms with van der Waals surface area (Å²) < 4.78 is 19.5. The zero-order valence-corrected chi connectivity index (χ0v) is 17.3. The summed E-state index contributed by atoms with van der Waals surface area (Å²) in [4.78, 5) is 9.47. The number of morpholine rings is 1. The van der Waals surface area contributed by atoms with Gasteiger partial charge in [-0.1, -0.05) is 24.3 Å². The monoisotopic (exact) mass is 411 g/mol. The number of H-pyrrole nitrogens is 1. The smallest absolute Gasteiger partial charge is 0.217 e. The lowest BCUT2D eigenvalue weighted by atomic mass is 10.1. The van der Waals surface area contributed by atoms with Gasteiger partial charge in [0.1, 0.15) is 0 Å². The summed E-state index contributed by atoms with van der Waals surface area (Å²) in [6.45, 7) is 6.64. The number of unbranched alkanes of at least 4 members (excludes halogenated alkanes) is 1. The number of ether oxygens (including phenoxy) is 1. The Labute approximate surface area is 177 Å². The van der Waals surface area contributed by atoms with Crippen molar-refractivity contribution in [3.8, 4) is 0 Å². The van der Waals surface area contributed by atoms with Crippen LogP contribution in [0.15, 0.2) is 48.8 Å². The summed E-state index contributed by atoms with van der Waals surface area (Å²) >= 11 is 0.